The van der Waals surface area contributed by atoms with Gasteiger partial charge in [-0.3, -0.25) is 14.6 Å². The second kappa shape index (κ2) is 6.97. The Labute approximate surface area is 151 Å². The van der Waals surface area contributed by atoms with Gasteiger partial charge >= 0.3 is 5.97 Å². The first-order chi connectivity index (χ1) is 12.6. The highest BCUT2D eigenvalue weighted by Crippen LogP contribution is 2.35. The van der Waals surface area contributed by atoms with Crippen LogP contribution in [0.2, 0.25) is 0 Å². The normalized spacial score (nSPS) is 18.8. The number of piperazine rings is 1. The molecule has 1 aromatic carbocycles. The van der Waals surface area contributed by atoms with Gasteiger partial charge in [0.15, 0.2) is 11.5 Å². The number of aliphatic carboxylic acids is 1. The van der Waals surface area contributed by atoms with E-state index in [0.29, 0.717) is 24.6 Å². The Balaban J connectivity index is 1.44. The quantitative estimate of drug-likeness (QED) is 0.857. The summed E-state index contributed by atoms with van der Waals surface area (Å²) in [6, 6.07) is 4.69. The third kappa shape index (κ3) is 3.25. The molecule has 2 aromatic rings. The standard InChI is InChI=1S/C18H22N4O4/c1-20-5-4-19-16(20)11-21-6-8-22(9-7-21)17(18(23)24)13-2-3-14-15(10-13)26-12-25-14/h2-5,10,17H,6-9,11-12H2,1H3,(H,23,24). The molecule has 0 aliphatic carbocycles. The van der Waals surface area contributed by atoms with Crippen molar-refractivity contribution in [3.05, 3.63) is 42.0 Å². The molecule has 8 heteroatoms. The number of carbonyl (C=O) groups is 1. The summed E-state index contributed by atoms with van der Waals surface area (Å²) in [5.74, 6) is 1.45. The fourth-order valence-corrected chi connectivity index (χ4v) is 3.52. The molecule has 2 aliphatic rings. The molecular formula is C18H22N4O4. The highest BCUT2D eigenvalue weighted by Gasteiger charge is 2.31. The highest BCUT2D eigenvalue weighted by molar-refractivity contribution is 5.76. The van der Waals surface area contributed by atoms with Crippen LogP contribution >= 0.6 is 0 Å². The molecule has 0 radical (unpaired) electrons. The Morgan fingerprint density at radius 2 is 2.00 bits per heavy atom. The van der Waals surface area contributed by atoms with Gasteiger partial charge in [0.25, 0.3) is 0 Å². The number of nitrogens with zero attached hydrogens (tertiary/aromatic N) is 4. The van der Waals surface area contributed by atoms with E-state index in [9.17, 15) is 9.90 Å². The Bertz CT molecular complexity index is 798. The zero-order chi connectivity index (χ0) is 18.1. The van der Waals surface area contributed by atoms with Crippen molar-refractivity contribution in [3.63, 3.8) is 0 Å². The van der Waals surface area contributed by atoms with Gasteiger partial charge in [0.1, 0.15) is 11.9 Å². The van der Waals surface area contributed by atoms with Crippen LogP contribution in [0.4, 0.5) is 0 Å². The Morgan fingerprint density at radius 1 is 1.23 bits per heavy atom. The van der Waals surface area contributed by atoms with Crippen molar-refractivity contribution in [2.24, 2.45) is 7.05 Å². The number of hydrogen-bond acceptors (Lipinski definition) is 6. The van der Waals surface area contributed by atoms with Gasteiger partial charge in [-0.2, -0.15) is 0 Å². The lowest BCUT2D eigenvalue weighted by atomic mass is 10.0. The van der Waals surface area contributed by atoms with Crippen LogP contribution < -0.4 is 9.47 Å². The lowest BCUT2D eigenvalue weighted by Crippen LogP contribution is -2.49. The second-order valence-electron chi connectivity index (χ2n) is 6.62. The van der Waals surface area contributed by atoms with Gasteiger partial charge in [0, 0.05) is 45.6 Å². The zero-order valence-electron chi connectivity index (χ0n) is 14.7. The first kappa shape index (κ1) is 16.9. The molecule has 8 nitrogen and oxygen atoms in total. The molecule has 0 amide bonds. The topological polar surface area (TPSA) is 80.1 Å². The summed E-state index contributed by atoms with van der Waals surface area (Å²) in [5.41, 5.74) is 0.722. The third-order valence-electron chi connectivity index (χ3n) is 5.00. The van der Waals surface area contributed by atoms with Crippen LogP contribution in [-0.4, -0.2) is 63.4 Å². The maximum absolute atomic E-state index is 11.9. The van der Waals surface area contributed by atoms with Crippen LogP contribution in [0.25, 0.3) is 0 Å². The second-order valence-corrected chi connectivity index (χ2v) is 6.62. The number of aryl methyl sites for hydroxylation is 1. The summed E-state index contributed by atoms with van der Waals surface area (Å²) in [6.07, 6.45) is 3.73. The summed E-state index contributed by atoms with van der Waals surface area (Å²) in [6.45, 7) is 3.95. The number of imidazole rings is 1. The van der Waals surface area contributed by atoms with Gasteiger partial charge < -0.3 is 19.1 Å². The smallest absolute Gasteiger partial charge is 0.325 e. The number of ether oxygens (including phenoxy) is 2. The summed E-state index contributed by atoms with van der Waals surface area (Å²) in [7, 11) is 1.98. The van der Waals surface area contributed by atoms with Crippen LogP contribution in [0.5, 0.6) is 11.5 Å². The van der Waals surface area contributed by atoms with E-state index in [-0.39, 0.29) is 6.79 Å². The number of carboxylic acids is 1. The molecule has 1 aromatic heterocycles. The first-order valence-corrected chi connectivity index (χ1v) is 8.67. The highest BCUT2D eigenvalue weighted by atomic mass is 16.7. The number of fused-ring (bicyclic) bond motifs is 1. The van der Waals surface area contributed by atoms with E-state index in [4.69, 9.17) is 9.47 Å². The van der Waals surface area contributed by atoms with Gasteiger partial charge in [-0.15, -0.1) is 0 Å². The van der Waals surface area contributed by atoms with E-state index in [1.165, 1.54) is 0 Å². The van der Waals surface area contributed by atoms with E-state index in [1.807, 2.05) is 28.8 Å². The van der Waals surface area contributed by atoms with Crippen molar-refractivity contribution in [2.75, 3.05) is 33.0 Å². The zero-order valence-corrected chi connectivity index (χ0v) is 14.7. The summed E-state index contributed by atoms with van der Waals surface area (Å²) < 4.78 is 12.7. The monoisotopic (exact) mass is 358 g/mol. The predicted octanol–water partition coefficient (Wildman–Crippen LogP) is 1.09. The van der Waals surface area contributed by atoms with Crippen molar-refractivity contribution in [3.8, 4) is 11.5 Å². The Kier molecular flexibility index (Phi) is 4.52. The SMILES string of the molecule is Cn1ccnc1CN1CCN(C(C(=O)O)c2ccc3c(c2)OCO3)CC1. The lowest BCUT2D eigenvalue weighted by Gasteiger charge is -2.37. The largest absolute Gasteiger partial charge is 0.480 e. The maximum atomic E-state index is 11.9. The van der Waals surface area contributed by atoms with E-state index < -0.39 is 12.0 Å². The van der Waals surface area contributed by atoms with Crippen LogP contribution in [0, 0.1) is 0 Å². The molecule has 1 N–H and O–H groups in total. The predicted molar refractivity (Wildman–Crippen MR) is 93.0 cm³/mol. The number of aromatic nitrogens is 2. The molecule has 0 spiro atoms. The van der Waals surface area contributed by atoms with Crippen LogP contribution in [0.15, 0.2) is 30.6 Å². The fourth-order valence-electron chi connectivity index (χ4n) is 3.52. The molecule has 138 valence electrons. The van der Waals surface area contributed by atoms with Gasteiger partial charge in [-0.1, -0.05) is 6.07 Å². The molecule has 1 saturated heterocycles. The molecule has 0 bridgehead atoms. The van der Waals surface area contributed by atoms with E-state index in [0.717, 1.165) is 31.0 Å². The molecule has 1 fully saturated rings. The van der Waals surface area contributed by atoms with Gasteiger partial charge in [0.2, 0.25) is 6.79 Å². The Morgan fingerprint density at radius 3 is 2.69 bits per heavy atom. The van der Waals surface area contributed by atoms with Crippen LogP contribution in [0.1, 0.15) is 17.4 Å². The number of carboxylic acid groups (broad SMARTS) is 1. The minimum atomic E-state index is -0.846. The molecular weight excluding hydrogens is 336 g/mol. The molecule has 4 rings (SSSR count). The van der Waals surface area contributed by atoms with Crippen molar-refractivity contribution >= 4 is 5.97 Å². The third-order valence-corrected chi connectivity index (χ3v) is 5.00. The van der Waals surface area contributed by atoms with Gasteiger partial charge in [0.05, 0.1) is 6.54 Å². The van der Waals surface area contributed by atoms with E-state index in [2.05, 4.69) is 9.88 Å². The average Bonchev–Trinajstić information content (AvgIpc) is 3.25. The van der Waals surface area contributed by atoms with Gasteiger partial charge in [-0.25, -0.2) is 4.98 Å². The van der Waals surface area contributed by atoms with Crippen molar-refractivity contribution in [1.29, 1.82) is 0 Å². The average molecular weight is 358 g/mol. The minimum absolute atomic E-state index is 0.183. The van der Waals surface area contributed by atoms with Crippen LogP contribution in [0.3, 0.4) is 0 Å². The van der Waals surface area contributed by atoms with Crippen molar-refractivity contribution < 1.29 is 19.4 Å². The first-order valence-electron chi connectivity index (χ1n) is 8.67. The van der Waals surface area contributed by atoms with E-state index in [1.54, 1.807) is 18.3 Å². The molecule has 3 heterocycles. The Hall–Kier alpha value is -2.58. The molecule has 1 unspecified atom stereocenters. The fraction of sp³-hybridized carbons (Fsp3) is 0.444. The van der Waals surface area contributed by atoms with Crippen molar-refractivity contribution in [2.45, 2.75) is 12.6 Å². The molecule has 1 atom stereocenters. The summed E-state index contributed by atoms with van der Waals surface area (Å²) in [5, 5.41) is 9.80. The van der Waals surface area contributed by atoms with E-state index >= 15 is 0 Å². The number of benzene rings is 1. The molecule has 2 aliphatic heterocycles. The van der Waals surface area contributed by atoms with Crippen molar-refractivity contribution in [1.82, 2.24) is 19.4 Å². The summed E-state index contributed by atoms with van der Waals surface area (Å²) in [4.78, 5) is 20.6. The number of rotatable bonds is 5. The molecule has 26 heavy (non-hydrogen) atoms. The lowest BCUT2D eigenvalue weighted by molar-refractivity contribution is -0.144. The number of hydrogen-bond donors (Lipinski definition) is 1. The minimum Gasteiger partial charge on any atom is -0.480 e. The maximum Gasteiger partial charge on any atom is 0.325 e. The molecule has 0 saturated carbocycles. The summed E-state index contributed by atoms with van der Waals surface area (Å²) >= 11 is 0. The van der Waals surface area contributed by atoms with Gasteiger partial charge in [-0.05, 0) is 17.7 Å². The van der Waals surface area contributed by atoms with Crippen LogP contribution in [-0.2, 0) is 18.4 Å².